The van der Waals surface area contributed by atoms with E-state index in [9.17, 15) is 39.5 Å². The number of aromatic nitrogens is 1. The molecular formula is C22H12F10KN3O. The van der Waals surface area contributed by atoms with Crippen molar-refractivity contribution >= 4 is 22.3 Å². The summed E-state index contributed by atoms with van der Waals surface area (Å²) >= 11 is 0. The Bertz CT molecular complexity index is 1320. The van der Waals surface area contributed by atoms with E-state index in [0.29, 0.717) is 17.0 Å². The number of benzene rings is 2. The normalized spacial score (nSPS) is 15.3. The standard InChI is InChI=1S/C22H12F10N3O.K/c1-19(25,21(27,28)29)20(26,22(30,31)32)12-3-6-16(17(9-12)36-18(23)24)34-13-5-7-15-11(8-13)2-4-14(10-33)35-15;/h2-9,18H,1H3;/q-1;+1. The largest absolute Gasteiger partial charge is 1.00 e. The molecule has 2 unspecified atom stereocenters. The van der Waals surface area contributed by atoms with Gasteiger partial charge in [-0.15, -0.1) is 5.69 Å². The first kappa shape index (κ1) is 31.1. The molecule has 1 heterocycles. The maximum Gasteiger partial charge on any atom is 1.00 e. The molecule has 0 N–H and O–H groups in total. The van der Waals surface area contributed by atoms with Crippen molar-refractivity contribution in [1.82, 2.24) is 4.98 Å². The number of hydrogen-bond acceptors (Lipinski definition) is 3. The number of halogens is 10. The third-order valence-corrected chi connectivity index (χ3v) is 5.18. The fourth-order valence-corrected chi connectivity index (χ4v) is 3.29. The van der Waals surface area contributed by atoms with Gasteiger partial charge in [-0.05, 0) is 36.6 Å². The Morgan fingerprint density at radius 3 is 2.08 bits per heavy atom. The van der Waals surface area contributed by atoms with Gasteiger partial charge in [-0.1, -0.05) is 30.0 Å². The van der Waals surface area contributed by atoms with Crippen molar-refractivity contribution in [2.45, 2.75) is 37.2 Å². The SMILES string of the molecule is CC(F)(C(F)(F)F)C(F)(c1ccc([N-]c2ccc3nc(C#N)ccc3c2)c(OC(F)F)c1)C(F)(F)F.[K+]. The molecule has 0 spiro atoms. The van der Waals surface area contributed by atoms with Gasteiger partial charge in [0, 0.05) is 5.56 Å². The molecule has 3 aromatic rings. The molecule has 2 aromatic carbocycles. The van der Waals surface area contributed by atoms with Crippen LogP contribution in [0.1, 0.15) is 18.2 Å². The predicted molar refractivity (Wildman–Crippen MR) is 107 cm³/mol. The Morgan fingerprint density at radius 2 is 1.54 bits per heavy atom. The van der Waals surface area contributed by atoms with E-state index < -0.39 is 54.2 Å². The monoisotopic (exact) mass is 563 g/mol. The van der Waals surface area contributed by atoms with E-state index in [0.717, 1.165) is 0 Å². The number of alkyl halides is 10. The molecule has 0 aliphatic carbocycles. The second-order valence-electron chi connectivity index (χ2n) is 7.52. The summed E-state index contributed by atoms with van der Waals surface area (Å²) < 4.78 is 139. The molecule has 0 aliphatic rings. The van der Waals surface area contributed by atoms with E-state index >= 15 is 4.39 Å². The molecule has 0 bridgehead atoms. The van der Waals surface area contributed by atoms with Crippen LogP contribution in [0.2, 0.25) is 0 Å². The number of pyridine rings is 1. The van der Waals surface area contributed by atoms with Gasteiger partial charge >= 0.3 is 70.3 Å². The summed E-state index contributed by atoms with van der Waals surface area (Å²) in [5.74, 6) is -1.23. The fourth-order valence-electron chi connectivity index (χ4n) is 3.29. The van der Waals surface area contributed by atoms with Gasteiger partial charge in [0.2, 0.25) is 5.67 Å². The van der Waals surface area contributed by atoms with Crippen LogP contribution in [0.25, 0.3) is 16.2 Å². The number of hydrogen-bond donors (Lipinski definition) is 0. The topological polar surface area (TPSA) is 60.0 Å². The van der Waals surface area contributed by atoms with Crippen LogP contribution in [0, 0.1) is 11.3 Å². The zero-order valence-corrected chi connectivity index (χ0v) is 21.8. The van der Waals surface area contributed by atoms with Crippen LogP contribution in [0.15, 0.2) is 48.5 Å². The van der Waals surface area contributed by atoms with Crippen molar-refractivity contribution in [1.29, 1.82) is 5.26 Å². The van der Waals surface area contributed by atoms with Crippen molar-refractivity contribution in [2.24, 2.45) is 0 Å². The second kappa shape index (κ2) is 10.9. The Morgan fingerprint density at radius 1 is 0.892 bits per heavy atom. The van der Waals surface area contributed by atoms with E-state index in [1.165, 1.54) is 30.3 Å². The molecule has 2 atom stereocenters. The Balaban J connectivity index is 0.00000481. The van der Waals surface area contributed by atoms with Crippen LogP contribution in [0.5, 0.6) is 5.75 Å². The summed E-state index contributed by atoms with van der Waals surface area (Å²) in [4.78, 5) is 4.00. The first-order valence-corrected chi connectivity index (χ1v) is 9.64. The molecule has 192 valence electrons. The average molecular weight is 563 g/mol. The minimum absolute atomic E-state index is 0. The first-order chi connectivity index (χ1) is 16.5. The molecule has 0 fully saturated rings. The van der Waals surface area contributed by atoms with Gasteiger partial charge in [0.05, 0.1) is 5.52 Å². The van der Waals surface area contributed by atoms with Gasteiger partial charge in [-0.2, -0.15) is 40.4 Å². The van der Waals surface area contributed by atoms with Gasteiger partial charge in [0.1, 0.15) is 17.5 Å². The molecule has 0 saturated carbocycles. The zero-order chi connectivity index (χ0) is 27.1. The van der Waals surface area contributed by atoms with E-state index in [2.05, 4.69) is 15.0 Å². The maximum atomic E-state index is 15.1. The van der Waals surface area contributed by atoms with E-state index in [1.54, 1.807) is 0 Å². The van der Waals surface area contributed by atoms with Crippen LogP contribution < -0.4 is 56.1 Å². The van der Waals surface area contributed by atoms with Crippen molar-refractivity contribution in [3.8, 4) is 11.8 Å². The number of rotatable bonds is 6. The maximum absolute atomic E-state index is 15.1. The molecule has 0 amide bonds. The number of nitriles is 1. The summed E-state index contributed by atoms with van der Waals surface area (Å²) in [5.41, 5.74) is -13.3. The van der Waals surface area contributed by atoms with Crippen LogP contribution in [-0.4, -0.2) is 29.6 Å². The third kappa shape index (κ3) is 5.98. The number of fused-ring (bicyclic) bond motifs is 1. The molecular weight excluding hydrogens is 551 g/mol. The van der Waals surface area contributed by atoms with Crippen molar-refractivity contribution in [3.63, 3.8) is 0 Å². The number of ether oxygens (including phenoxy) is 1. The van der Waals surface area contributed by atoms with Crippen molar-refractivity contribution in [2.75, 3.05) is 0 Å². The molecule has 15 heteroatoms. The second-order valence-corrected chi connectivity index (χ2v) is 7.52. The summed E-state index contributed by atoms with van der Waals surface area (Å²) in [6.45, 7) is -4.34. The zero-order valence-electron chi connectivity index (χ0n) is 18.7. The van der Waals surface area contributed by atoms with E-state index in [4.69, 9.17) is 5.26 Å². The van der Waals surface area contributed by atoms with E-state index in [-0.39, 0.29) is 74.9 Å². The molecule has 37 heavy (non-hydrogen) atoms. The summed E-state index contributed by atoms with van der Waals surface area (Å²) in [6.07, 6.45) is -12.8. The fraction of sp³-hybridized carbons (Fsp3) is 0.273. The van der Waals surface area contributed by atoms with Crippen molar-refractivity contribution < 1.29 is 100 Å². The van der Waals surface area contributed by atoms with Gasteiger partial charge in [0.15, 0.2) is 0 Å². The van der Waals surface area contributed by atoms with Crippen LogP contribution in [-0.2, 0) is 5.67 Å². The quantitative estimate of drug-likeness (QED) is 0.311. The Hall–Kier alpha value is -2.12. The molecule has 0 radical (unpaired) electrons. The molecule has 0 aliphatic heterocycles. The van der Waals surface area contributed by atoms with Crippen LogP contribution in [0.4, 0.5) is 55.3 Å². The van der Waals surface area contributed by atoms with Gasteiger partial charge < -0.3 is 10.1 Å². The van der Waals surface area contributed by atoms with Gasteiger partial charge in [-0.25, -0.2) is 13.8 Å². The minimum Gasteiger partial charge on any atom is -0.655 e. The van der Waals surface area contributed by atoms with Crippen LogP contribution in [0.3, 0.4) is 0 Å². The Labute approximate surface area is 245 Å². The molecule has 3 rings (SSSR count). The predicted octanol–water partition coefficient (Wildman–Crippen LogP) is 5.07. The van der Waals surface area contributed by atoms with Crippen LogP contribution >= 0.6 is 0 Å². The summed E-state index contributed by atoms with van der Waals surface area (Å²) in [5, 5.41) is 13.2. The first-order valence-electron chi connectivity index (χ1n) is 9.64. The number of nitrogens with zero attached hydrogens (tertiary/aromatic N) is 3. The van der Waals surface area contributed by atoms with Gasteiger partial charge in [-0.3, -0.25) is 0 Å². The molecule has 0 saturated heterocycles. The van der Waals surface area contributed by atoms with Crippen molar-refractivity contribution in [3.05, 3.63) is 65.1 Å². The smallest absolute Gasteiger partial charge is 0.655 e. The molecule has 4 nitrogen and oxygen atoms in total. The average Bonchev–Trinajstić information content (AvgIpc) is 2.77. The summed E-state index contributed by atoms with van der Waals surface area (Å²) in [7, 11) is 0. The van der Waals surface area contributed by atoms with Gasteiger partial charge in [0.25, 0.3) is 5.67 Å². The Kier molecular flexibility index (Phi) is 9.19. The summed E-state index contributed by atoms with van der Waals surface area (Å²) in [6, 6.07) is 9.19. The minimum atomic E-state index is -6.44. The third-order valence-electron chi connectivity index (χ3n) is 5.18. The molecule has 1 aromatic heterocycles. The van der Waals surface area contributed by atoms with E-state index in [1.807, 2.05) is 6.07 Å².